The van der Waals surface area contributed by atoms with Gasteiger partial charge < -0.3 is 10.6 Å². The molecule has 3 aromatic rings. The van der Waals surface area contributed by atoms with Crippen molar-refractivity contribution in [3.63, 3.8) is 0 Å². The number of rotatable bonds is 4. The van der Waals surface area contributed by atoms with E-state index in [1.54, 1.807) is 36.4 Å². The van der Waals surface area contributed by atoms with Crippen LogP contribution in [0.4, 0.5) is 17.3 Å². The fourth-order valence-electron chi connectivity index (χ4n) is 2.17. The van der Waals surface area contributed by atoms with Gasteiger partial charge in [-0.05, 0) is 48.9 Å². The highest BCUT2D eigenvalue weighted by Crippen LogP contribution is 2.23. The minimum atomic E-state index is -0.345. The Labute approximate surface area is 155 Å². The number of nitrogens with zero attached hydrogens (tertiary/aromatic N) is 2. The second-order valence-electron chi connectivity index (χ2n) is 5.27. The van der Waals surface area contributed by atoms with Gasteiger partial charge in [0.05, 0.1) is 0 Å². The summed E-state index contributed by atoms with van der Waals surface area (Å²) in [6.45, 7) is 1.84. The summed E-state index contributed by atoms with van der Waals surface area (Å²) in [5.41, 5.74) is 2.40. The number of hydrogen-bond donors (Lipinski definition) is 2. The van der Waals surface area contributed by atoms with Crippen LogP contribution in [0.5, 0.6) is 0 Å². The fraction of sp³-hybridized carbons (Fsp3) is 0.0556. The van der Waals surface area contributed by atoms with Gasteiger partial charge >= 0.3 is 0 Å². The Hall–Kier alpha value is -2.63. The first-order valence-electron chi connectivity index (χ1n) is 7.45. The molecule has 0 bridgehead atoms. The zero-order valence-electron chi connectivity index (χ0n) is 13.3. The normalized spacial score (nSPS) is 10.4. The quantitative estimate of drug-likeness (QED) is 0.669. The molecule has 0 atom stereocenters. The molecule has 2 aromatic carbocycles. The van der Waals surface area contributed by atoms with Gasteiger partial charge in [0, 0.05) is 27.6 Å². The Bertz CT molecular complexity index is 930. The number of amides is 1. The maximum absolute atomic E-state index is 12.4. The predicted octanol–water partition coefficient (Wildman–Crippen LogP) is 5.09. The van der Waals surface area contributed by atoms with Gasteiger partial charge in [0.15, 0.2) is 0 Å². The molecule has 0 fully saturated rings. The molecule has 1 aromatic heterocycles. The van der Waals surface area contributed by atoms with Crippen LogP contribution in [0.3, 0.4) is 0 Å². The van der Waals surface area contributed by atoms with Crippen LogP contribution in [0.2, 0.25) is 10.0 Å². The summed E-state index contributed by atoms with van der Waals surface area (Å²) in [4.78, 5) is 20.8. The van der Waals surface area contributed by atoms with Crippen molar-refractivity contribution >= 4 is 46.4 Å². The first-order chi connectivity index (χ1) is 12.0. The summed E-state index contributed by atoms with van der Waals surface area (Å²) >= 11 is 12.0. The largest absolute Gasteiger partial charge is 0.324 e. The fourth-order valence-corrected chi connectivity index (χ4v) is 2.53. The van der Waals surface area contributed by atoms with Crippen LogP contribution in [0.1, 0.15) is 16.1 Å². The molecule has 0 saturated heterocycles. The minimum Gasteiger partial charge on any atom is -0.324 e. The average molecular weight is 373 g/mol. The maximum atomic E-state index is 12.4. The smallest absolute Gasteiger partial charge is 0.274 e. The first kappa shape index (κ1) is 17.2. The van der Waals surface area contributed by atoms with Crippen molar-refractivity contribution in [2.45, 2.75) is 6.92 Å². The molecule has 0 spiro atoms. The maximum Gasteiger partial charge on any atom is 0.274 e. The van der Waals surface area contributed by atoms with Crippen LogP contribution >= 0.6 is 23.2 Å². The zero-order chi connectivity index (χ0) is 17.8. The van der Waals surface area contributed by atoms with Gasteiger partial charge in [-0.1, -0.05) is 35.3 Å². The van der Waals surface area contributed by atoms with Gasteiger partial charge in [-0.25, -0.2) is 9.97 Å². The van der Waals surface area contributed by atoms with E-state index in [9.17, 15) is 4.79 Å². The molecule has 0 aliphatic heterocycles. The van der Waals surface area contributed by atoms with Gasteiger partial charge in [0.2, 0.25) is 5.95 Å². The number of halogens is 2. The van der Waals surface area contributed by atoms with Crippen LogP contribution in [-0.4, -0.2) is 15.9 Å². The summed E-state index contributed by atoms with van der Waals surface area (Å²) in [7, 11) is 0. The Morgan fingerprint density at radius 1 is 1.08 bits per heavy atom. The van der Waals surface area contributed by atoms with Crippen molar-refractivity contribution in [2.24, 2.45) is 0 Å². The highest BCUT2D eigenvalue weighted by molar-refractivity contribution is 6.32. The first-order valence-corrected chi connectivity index (χ1v) is 8.20. The van der Waals surface area contributed by atoms with E-state index in [1.807, 2.05) is 19.1 Å². The van der Waals surface area contributed by atoms with Crippen molar-refractivity contribution in [2.75, 3.05) is 10.6 Å². The second kappa shape index (κ2) is 7.51. The standard InChI is InChI=1S/C18H14Cl2N4O/c1-11-14(20)6-3-7-15(11)23-17(25)16-8-9-21-18(24-16)22-13-5-2-4-12(19)10-13/h2-10H,1H3,(H,23,25)(H,21,22,24). The van der Waals surface area contributed by atoms with Crippen LogP contribution in [0, 0.1) is 6.92 Å². The molecule has 1 heterocycles. The van der Waals surface area contributed by atoms with E-state index in [2.05, 4.69) is 20.6 Å². The topological polar surface area (TPSA) is 66.9 Å². The van der Waals surface area contributed by atoms with Gasteiger partial charge in [-0.15, -0.1) is 0 Å². The second-order valence-corrected chi connectivity index (χ2v) is 6.11. The molecule has 5 nitrogen and oxygen atoms in total. The monoisotopic (exact) mass is 372 g/mol. The molecule has 0 radical (unpaired) electrons. The van der Waals surface area contributed by atoms with Gasteiger partial charge in [0.1, 0.15) is 5.69 Å². The minimum absolute atomic E-state index is 0.235. The third kappa shape index (κ3) is 4.26. The molecule has 2 N–H and O–H groups in total. The third-order valence-electron chi connectivity index (χ3n) is 3.48. The highest BCUT2D eigenvalue weighted by atomic mass is 35.5. The van der Waals surface area contributed by atoms with E-state index in [4.69, 9.17) is 23.2 Å². The molecular formula is C18H14Cl2N4O. The molecule has 1 amide bonds. The van der Waals surface area contributed by atoms with Crippen molar-refractivity contribution in [1.82, 2.24) is 9.97 Å². The number of carbonyl (C=O) groups is 1. The van der Waals surface area contributed by atoms with E-state index < -0.39 is 0 Å². The Morgan fingerprint density at radius 3 is 2.68 bits per heavy atom. The van der Waals surface area contributed by atoms with E-state index in [0.717, 1.165) is 11.3 Å². The summed E-state index contributed by atoms with van der Waals surface area (Å²) in [6, 6.07) is 14.0. The molecule has 126 valence electrons. The Morgan fingerprint density at radius 2 is 1.88 bits per heavy atom. The molecule has 25 heavy (non-hydrogen) atoms. The third-order valence-corrected chi connectivity index (χ3v) is 4.13. The number of hydrogen-bond acceptors (Lipinski definition) is 4. The lowest BCUT2D eigenvalue weighted by Crippen LogP contribution is -2.15. The summed E-state index contributed by atoms with van der Waals surface area (Å²) in [5, 5.41) is 7.00. The number of anilines is 3. The average Bonchev–Trinajstić information content (AvgIpc) is 2.59. The van der Waals surface area contributed by atoms with Gasteiger partial charge in [-0.3, -0.25) is 4.79 Å². The Kier molecular flexibility index (Phi) is 5.16. The molecule has 0 unspecified atom stereocenters. The molecular weight excluding hydrogens is 359 g/mol. The lowest BCUT2D eigenvalue weighted by Gasteiger charge is -2.10. The summed E-state index contributed by atoms with van der Waals surface area (Å²) in [5.74, 6) is -0.0420. The molecule has 0 aliphatic rings. The number of carbonyl (C=O) groups excluding carboxylic acids is 1. The van der Waals surface area contributed by atoms with Gasteiger partial charge in [0.25, 0.3) is 5.91 Å². The highest BCUT2D eigenvalue weighted by Gasteiger charge is 2.11. The number of aromatic nitrogens is 2. The molecule has 0 aliphatic carbocycles. The number of benzene rings is 2. The lowest BCUT2D eigenvalue weighted by atomic mass is 10.2. The van der Waals surface area contributed by atoms with Crippen molar-refractivity contribution in [1.29, 1.82) is 0 Å². The van der Waals surface area contributed by atoms with Crippen LogP contribution in [0.15, 0.2) is 54.7 Å². The predicted molar refractivity (Wildman–Crippen MR) is 101 cm³/mol. The lowest BCUT2D eigenvalue weighted by molar-refractivity contribution is 0.102. The van der Waals surface area contributed by atoms with E-state index in [1.165, 1.54) is 6.20 Å². The van der Waals surface area contributed by atoms with Crippen LogP contribution in [0.25, 0.3) is 0 Å². The summed E-state index contributed by atoms with van der Waals surface area (Å²) < 4.78 is 0. The summed E-state index contributed by atoms with van der Waals surface area (Å²) in [6.07, 6.45) is 1.51. The van der Waals surface area contributed by atoms with E-state index in [-0.39, 0.29) is 11.6 Å². The Balaban J connectivity index is 1.78. The van der Waals surface area contributed by atoms with Crippen molar-refractivity contribution in [3.05, 3.63) is 76.0 Å². The van der Waals surface area contributed by atoms with Crippen molar-refractivity contribution in [3.8, 4) is 0 Å². The van der Waals surface area contributed by atoms with Crippen molar-refractivity contribution < 1.29 is 4.79 Å². The molecule has 7 heteroatoms. The molecule has 3 rings (SSSR count). The van der Waals surface area contributed by atoms with E-state index >= 15 is 0 Å². The SMILES string of the molecule is Cc1c(Cl)cccc1NC(=O)c1ccnc(Nc2cccc(Cl)c2)n1. The zero-order valence-corrected chi connectivity index (χ0v) is 14.8. The van der Waals surface area contributed by atoms with E-state index in [0.29, 0.717) is 21.7 Å². The van der Waals surface area contributed by atoms with Crippen LogP contribution < -0.4 is 10.6 Å². The number of nitrogens with one attached hydrogen (secondary N) is 2. The van der Waals surface area contributed by atoms with Crippen LogP contribution in [-0.2, 0) is 0 Å². The van der Waals surface area contributed by atoms with Gasteiger partial charge in [-0.2, -0.15) is 0 Å². The molecule has 0 saturated carbocycles.